The first-order chi connectivity index (χ1) is 10.6. The second kappa shape index (κ2) is 6.96. The van der Waals surface area contributed by atoms with Crippen LogP contribution in [-0.2, 0) is 4.79 Å². The van der Waals surface area contributed by atoms with Gasteiger partial charge in [0.1, 0.15) is 0 Å². The average Bonchev–Trinajstić information content (AvgIpc) is 2.99. The Bertz CT molecular complexity index is 539. The quantitative estimate of drug-likeness (QED) is 0.678. The van der Waals surface area contributed by atoms with Gasteiger partial charge in [0.15, 0.2) is 0 Å². The van der Waals surface area contributed by atoms with Crippen LogP contribution in [0.25, 0.3) is 0 Å². The van der Waals surface area contributed by atoms with Crippen molar-refractivity contribution in [1.82, 2.24) is 21.5 Å². The maximum absolute atomic E-state index is 12.7. The first kappa shape index (κ1) is 15.7. The van der Waals surface area contributed by atoms with Crippen molar-refractivity contribution in [3.63, 3.8) is 0 Å². The number of hydrogen-bond donors (Lipinski definition) is 4. The molecule has 2 saturated heterocycles. The van der Waals surface area contributed by atoms with E-state index in [4.69, 9.17) is 11.6 Å². The molecule has 2 heterocycles. The molecule has 3 rings (SSSR count). The van der Waals surface area contributed by atoms with Crippen molar-refractivity contribution in [1.29, 1.82) is 0 Å². The van der Waals surface area contributed by atoms with E-state index in [1.807, 2.05) is 24.3 Å². The highest BCUT2D eigenvalue weighted by atomic mass is 35.5. The Balaban J connectivity index is 1.68. The molecule has 2 aliphatic rings. The van der Waals surface area contributed by atoms with E-state index >= 15 is 0 Å². The second-order valence-electron chi connectivity index (χ2n) is 6.16. The van der Waals surface area contributed by atoms with E-state index in [1.54, 1.807) is 0 Å². The largest absolute Gasteiger partial charge is 0.351 e. The molecule has 6 heteroatoms. The van der Waals surface area contributed by atoms with Crippen LogP contribution in [0.3, 0.4) is 0 Å². The fourth-order valence-corrected chi connectivity index (χ4v) is 3.49. The lowest BCUT2D eigenvalue weighted by Crippen LogP contribution is -2.53. The lowest BCUT2D eigenvalue weighted by Gasteiger charge is -2.32. The number of benzene rings is 1. The van der Waals surface area contributed by atoms with Crippen molar-refractivity contribution >= 4 is 17.5 Å². The summed E-state index contributed by atoms with van der Waals surface area (Å²) in [6.07, 6.45) is 2.14. The number of halogens is 1. The number of piperidine rings is 1. The summed E-state index contributed by atoms with van der Waals surface area (Å²) in [5.74, 6) is -0.0318. The highest BCUT2D eigenvalue weighted by Crippen LogP contribution is 2.27. The summed E-state index contributed by atoms with van der Waals surface area (Å²) in [6.45, 7) is 3.78. The van der Waals surface area contributed by atoms with E-state index in [1.165, 1.54) is 0 Å². The van der Waals surface area contributed by atoms with Gasteiger partial charge in [-0.1, -0.05) is 23.7 Å². The van der Waals surface area contributed by atoms with Gasteiger partial charge in [-0.25, -0.2) is 5.43 Å². The van der Waals surface area contributed by atoms with Crippen LogP contribution in [-0.4, -0.2) is 31.1 Å². The van der Waals surface area contributed by atoms with Crippen LogP contribution >= 0.6 is 11.6 Å². The molecule has 1 aromatic carbocycles. The number of carbonyl (C=O) groups excluding carboxylic acids is 1. The minimum atomic E-state index is -0.132. The predicted molar refractivity (Wildman–Crippen MR) is 87.5 cm³/mol. The van der Waals surface area contributed by atoms with Crippen molar-refractivity contribution in [2.45, 2.75) is 37.9 Å². The summed E-state index contributed by atoms with van der Waals surface area (Å²) in [4.78, 5) is 12.7. The molecule has 2 aliphatic heterocycles. The Kier molecular flexibility index (Phi) is 4.98. The molecule has 0 aromatic heterocycles. The van der Waals surface area contributed by atoms with Crippen molar-refractivity contribution < 1.29 is 4.79 Å². The summed E-state index contributed by atoms with van der Waals surface area (Å²) in [5.41, 5.74) is 7.33. The van der Waals surface area contributed by atoms with E-state index in [9.17, 15) is 4.79 Å². The lowest BCUT2D eigenvalue weighted by molar-refractivity contribution is -0.126. The maximum Gasteiger partial charge on any atom is 0.226 e. The Labute approximate surface area is 136 Å². The van der Waals surface area contributed by atoms with Crippen molar-refractivity contribution in [3.05, 3.63) is 34.9 Å². The van der Waals surface area contributed by atoms with Crippen LogP contribution in [0.5, 0.6) is 0 Å². The summed E-state index contributed by atoms with van der Waals surface area (Å²) >= 11 is 6.07. The van der Waals surface area contributed by atoms with Crippen LogP contribution in [0.15, 0.2) is 24.3 Å². The Morgan fingerprint density at radius 1 is 1.41 bits per heavy atom. The van der Waals surface area contributed by atoms with Crippen molar-refractivity contribution in [3.8, 4) is 0 Å². The van der Waals surface area contributed by atoms with Gasteiger partial charge < -0.3 is 10.6 Å². The monoisotopic (exact) mass is 322 g/mol. The molecule has 2 fully saturated rings. The molecule has 5 nitrogen and oxygen atoms in total. The van der Waals surface area contributed by atoms with Gasteiger partial charge in [0.2, 0.25) is 5.91 Å². The standard InChI is InChI=1S/C16H23ClN4O/c1-10-14(6-3-7-18-10)20-16(22)13-9-19-21-15(13)11-4-2-5-12(17)8-11/h2,4-5,8,10,13-15,18-19,21H,3,6-7,9H2,1H3,(H,20,22). The van der Waals surface area contributed by atoms with Gasteiger partial charge in [0.05, 0.1) is 12.0 Å². The van der Waals surface area contributed by atoms with Crippen LogP contribution in [0.2, 0.25) is 5.02 Å². The predicted octanol–water partition coefficient (Wildman–Crippen LogP) is 1.36. The van der Waals surface area contributed by atoms with Gasteiger partial charge >= 0.3 is 0 Å². The van der Waals surface area contributed by atoms with E-state index < -0.39 is 0 Å². The number of carbonyl (C=O) groups is 1. The van der Waals surface area contributed by atoms with Crippen LogP contribution in [0.4, 0.5) is 0 Å². The molecular formula is C16H23ClN4O. The third-order valence-corrected chi connectivity index (χ3v) is 4.85. The van der Waals surface area contributed by atoms with Gasteiger partial charge in [-0.15, -0.1) is 0 Å². The number of hydrazine groups is 1. The van der Waals surface area contributed by atoms with Gasteiger partial charge in [0.25, 0.3) is 0 Å². The Hall–Kier alpha value is -1.14. The molecule has 4 unspecified atom stereocenters. The van der Waals surface area contributed by atoms with Gasteiger partial charge in [-0.3, -0.25) is 10.2 Å². The second-order valence-corrected chi connectivity index (χ2v) is 6.60. The molecule has 120 valence electrons. The minimum absolute atomic E-state index is 0.0504. The molecule has 1 amide bonds. The highest BCUT2D eigenvalue weighted by Gasteiger charge is 2.35. The minimum Gasteiger partial charge on any atom is -0.351 e. The van der Waals surface area contributed by atoms with Gasteiger partial charge in [-0.05, 0) is 44.0 Å². The first-order valence-electron chi connectivity index (χ1n) is 7.93. The summed E-state index contributed by atoms with van der Waals surface area (Å²) in [7, 11) is 0. The van der Waals surface area contributed by atoms with E-state index in [0.29, 0.717) is 17.6 Å². The molecule has 0 saturated carbocycles. The van der Waals surface area contributed by atoms with Crippen LogP contribution in [0.1, 0.15) is 31.4 Å². The molecule has 0 radical (unpaired) electrons. The van der Waals surface area contributed by atoms with Crippen LogP contribution < -0.4 is 21.5 Å². The lowest BCUT2D eigenvalue weighted by atomic mass is 9.92. The van der Waals surface area contributed by atoms with Crippen molar-refractivity contribution in [2.75, 3.05) is 13.1 Å². The normalized spacial score (nSPS) is 31.9. The zero-order valence-corrected chi connectivity index (χ0v) is 13.5. The molecular weight excluding hydrogens is 300 g/mol. The Morgan fingerprint density at radius 2 is 2.27 bits per heavy atom. The van der Waals surface area contributed by atoms with Crippen LogP contribution in [0, 0.1) is 5.92 Å². The smallest absolute Gasteiger partial charge is 0.226 e. The number of amides is 1. The SMILES string of the molecule is CC1NCCCC1NC(=O)C1CNNC1c1cccc(Cl)c1. The Morgan fingerprint density at radius 3 is 3.05 bits per heavy atom. The highest BCUT2D eigenvalue weighted by molar-refractivity contribution is 6.30. The zero-order chi connectivity index (χ0) is 15.5. The van der Waals surface area contributed by atoms with Gasteiger partial charge in [0, 0.05) is 23.7 Å². The molecule has 4 N–H and O–H groups in total. The fraction of sp³-hybridized carbons (Fsp3) is 0.562. The topological polar surface area (TPSA) is 65.2 Å². The van der Waals surface area contributed by atoms with Crippen molar-refractivity contribution in [2.24, 2.45) is 5.92 Å². The summed E-state index contributed by atoms with van der Waals surface area (Å²) < 4.78 is 0. The molecule has 1 aromatic rings. The molecule has 4 atom stereocenters. The van der Waals surface area contributed by atoms with Gasteiger partial charge in [-0.2, -0.15) is 0 Å². The average molecular weight is 323 g/mol. The number of nitrogens with one attached hydrogen (secondary N) is 4. The zero-order valence-electron chi connectivity index (χ0n) is 12.7. The fourth-order valence-electron chi connectivity index (χ4n) is 3.29. The third-order valence-electron chi connectivity index (χ3n) is 4.62. The summed E-state index contributed by atoms with van der Waals surface area (Å²) in [6, 6.07) is 8.16. The maximum atomic E-state index is 12.7. The number of rotatable bonds is 3. The van der Waals surface area contributed by atoms with E-state index in [0.717, 1.165) is 24.9 Å². The number of hydrogen-bond acceptors (Lipinski definition) is 4. The van der Waals surface area contributed by atoms with E-state index in [2.05, 4.69) is 28.4 Å². The third kappa shape index (κ3) is 3.43. The first-order valence-corrected chi connectivity index (χ1v) is 8.30. The van der Waals surface area contributed by atoms with E-state index in [-0.39, 0.29) is 23.9 Å². The molecule has 0 spiro atoms. The summed E-state index contributed by atoms with van der Waals surface area (Å²) in [5, 5.41) is 7.32. The molecule has 0 aliphatic carbocycles. The molecule has 0 bridgehead atoms. The molecule has 22 heavy (non-hydrogen) atoms.